The van der Waals surface area contributed by atoms with Gasteiger partial charge in [-0.25, -0.2) is 0 Å². The molecule has 0 aromatic heterocycles. The van der Waals surface area contributed by atoms with Crippen molar-refractivity contribution in [2.24, 2.45) is 0 Å². The highest BCUT2D eigenvalue weighted by Crippen LogP contribution is 1.96. The number of nitrogens with one attached hydrogen (secondary N) is 2. The highest BCUT2D eigenvalue weighted by atomic mass is 16.5. The first kappa shape index (κ1) is 15.4. The van der Waals surface area contributed by atoms with E-state index in [-0.39, 0.29) is 11.9 Å². The Kier molecular flexibility index (Phi) is 7.96. The van der Waals surface area contributed by atoms with Crippen LogP contribution >= 0.6 is 0 Å². The maximum Gasteiger partial charge on any atom is 0.239 e. The molecule has 5 heteroatoms. The number of unbranched alkanes of at least 4 members (excludes halogenated alkanes) is 1. The number of nitrogens with zero attached hydrogens (tertiary/aromatic N) is 1. The molecule has 0 aromatic carbocycles. The molecule has 18 heavy (non-hydrogen) atoms. The second kappa shape index (κ2) is 9.30. The predicted octanol–water partition coefficient (Wildman–Crippen LogP) is 0.213. The fourth-order valence-electron chi connectivity index (χ4n) is 2.07. The summed E-state index contributed by atoms with van der Waals surface area (Å²) in [6.07, 6.45) is 2.17. The zero-order chi connectivity index (χ0) is 13.2. The van der Waals surface area contributed by atoms with Crippen molar-refractivity contribution in [3.63, 3.8) is 0 Å². The monoisotopic (exact) mass is 257 g/mol. The van der Waals surface area contributed by atoms with E-state index >= 15 is 0 Å². The van der Waals surface area contributed by atoms with Gasteiger partial charge in [-0.15, -0.1) is 0 Å². The van der Waals surface area contributed by atoms with Crippen molar-refractivity contribution >= 4 is 5.91 Å². The Morgan fingerprint density at radius 3 is 2.78 bits per heavy atom. The molecule has 0 aliphatic carbocycles. The standard InChI is InChI=1S/C13H27N3O2/c1-3-16(4-2)9-6-5-7-15-13(17)12-11-18-10-8-14-12/h12,14H,3-11H2,1-2H3,(H,15,17). The van der Waals surface area contributed by atoms with E-state index in [1.54, 1.807) is 0 Å². The first-order chi connectivity index (χ1) is 8.77. The molecule has 1 heterocycles. The van der Waals surface area contributed by atoms with Gasteiger partial charge in [-0.05, 0) is 32.5 Å². The number of carbonyl (C=O) groups excluding carboxylic acids is 1. The van der Waals surface area contributed by atoms with Gasteiger partial charge in [0, 0.05) is 13.1 Å². The molecule has 1 aliphatic rings. The summed E-state index contributed by atoms with van der Waals surface area (Å²) in [5.41, 5.74) is 0. The van der Waals surface area contributed by atoms with Gasteiger partial charge >= 0.3 is 0 Å². The van der Waals surface area contributed by atoms with Crippen molar-refractivity contribution in [1.29, 1.82) is 0 Å². The normalized spacial score (nSPS) is 20.1. The molecule has 1 rings (SSSR count). The minimum atomic E-state index is -0.165. The Labute approximate surface area is 110 Å². The van der Waals surface area contributed by atoms with E-state index in [0.29, 0.717) is 13.2 Å². The minimum Gasteiger partial charge on any atom is -0.378 e. The maximum atomic E-state index is 11.7. The molecule has 1 atom stereocenters. The summed E-state index contributed by atoms with van der Waals surface area (Å²) in [6, 6.07) is -0.165. The fraction of sp³-hybridized carbons (Fsp3) is 0.923. The minimum absolute atomic E-state index is 0.0672. The van der Waals surface area contributed by atoms with Crippen molar-refractivity contribution in [3.8, 4) is 0 Å². The van der Waals surface area contributed by atoms with Crippen LogP contribution in [0.1, 0.15) is 26.7 Å². The zero-order valence-electron chi connectivity index (χ0n) is 11.7. The predicted molar refractivity (Wildman–Crippen MR) is 72.6 cm³/mol. The van der Waals surface area contributed by atoms with Crippen molar-refractivity contribution in [3.05, 3.63) is 0 Å². The van der Waals surface area contributed by atoms with Crippen LogP contribution < -0.4 is 10.6 Å². The number of rotatable bonds is 8. The van der Waals surface area contributed by atoms with Gasteiger partial charge in [0.1, 0.15) is 6.04 Å². The maximum absolute atomic E-state index is 11.7. The fourth-order valence-corrected chi connectivity index (χ4v) is 2.07. The first-order valence-corrected chi connectivity index (χ1v) is 7.09. The van der Waals surface area contributed by atoms with Gasteiger partial charge < -0.3 is 20.3 Å². The molecule has 0 radical (unpaired) electrons. The lowest BCUT2D eigenvalue weighted by molar-refractivity contribution is -0.125. The van der Waals surface area contributed by atoms with Crippen LogP contribution in [0.2, 0.25) is 0 Å². The topological polar surface area (TPSA) is 53.6 Å². The number of hydrogen-bond acceptors (Lipinski definition) is 4. The van der Waals surface area contributed by atoms with Gasteiger partial charge in [0.15, 0.2) is 0 Å². The van der Waals surface area contributed by atoms with Crippen molar-refractivity contribution in [2.75, 3.05) is 45.9 Å². The van der Waals surface area contributed by atoms with E-state index in [9.17, 15) is 4.79 Å². The van der Waals surface area contributed by atoms with Crippen molar-refractivity contribution < 1.29 is 9.53 Å². The third-order valence-electron chi connectivity index (χ3n) is 3.33. The summed E-state index contributed by atoms with van der Waals surface area (Å²) in [4.78, 5) is 14.1. The molecule has 1 saturated heterocycles. The molecule has 0 spiro atoms. The van der Waals surface area contributed by atoms with Crippen molar-refractivity contribution in [1.82, 2.24) is 15.5 Å². The molecular weight excluding hydrogens is 230 g/mol. The van der Waals surface area contributed by atoms with E-state index < -0.39 is 0 Å². The summed E-state index contributed by atoms with van der Waals surface area (Å²) >= 11 is 0. The average Bonchev–Trinajstić information content (AvgIpc) is 2.43. The Balaban J connectivity index is 2.01. The lowest BCUT2D eigenvalue weighted by atomic mass is 10.2. The van der Waals surface area contributed by atoms with Crippen LogP contribution in [0.25, 0.3) is 0 Å². The molecule has 1 aliphatic heterocycles. The first-order valence-electron chi connectivity index (χ1n) is 7.09. The second-order valence-electron chi connectivity index (χ2n) is 4.61. The van der Waals surface area contributed by atoms with Crippen molar-refractivity contribution in [2.45, 2.75) is 32.7 Å². The lowest BCUT2D eigenvalue weighted by Gasteiger charge is -2.23. The number of carbonyl (C=O) groups is 1. The quantitative estimate of drug-likeness (QED) is 0.611. The van der Waals surface area contributed by atoms with Crippen LogP contribution in [-0.4, -0.2) is 62.8 Å². The van der Waals surface area contributed by atoms with Crippen LogP contribution in [0, 0.1) is 0 Å². The molecule has 5 nitrogen and oxygen atoms in total. The average molecular weight is 257 g/mol. The van der Waals surface area contributed by atoms with E-state index in [1.165, 1.54) is 0 Å². The third kappa shape index (κ3) is 5.80. The van der Waals surface area contributed by atoms with Crippen LogP contribution in [-0.2, 0) is 9.53 Å². The molecule has 0 saturated carbocycles. The molecule has 106 valence electrons. The highest BCUT2D eigenvalue weighted by Gasteiger charge is 2.20. The number of ether oxygens (including phenoxy) is 1. The lowest BCUT2D eigenvalue weighted by Crippen LogP contribution is -2.51. The van der Waals surface area contributed by atoms with E-state index in [0.717, 1.165) is 45.6 Å². The van der Waals surface area contributed by atoms with Gasteiger partial charge in [-0.3, -0.25) is 4.79 Å². The molecule has 0 aromatic rings. The van der Waals surface area contributed by atoms with Crippen LogP contribution in [0.5, 0.6) is 0 Å². The summed E-state index contributed by atoms with van der Waals surface area (Å²) < 4.78 is 5.26. The molecule has 1 fully saturated rings. The highest BCUT2D eigenvalue weighted by molar-refractivity contribution is 5.81. The van der Waals surface area contributed by atoms with E-state index in [2.05, 4.69) is 29.4 Å². The van der Waals surface area contributed by atoms with Gasteiger partial charge in [-0.1, -0.05) is 13.8 Å². The molecule has 1 unspecified atom stereocenters. The SMILES string of the molecule is CCN(CC)CCCCNC(=O)C1COCCN1. The number of hydrogen-bond donors (Lipinski definition) is 2. The Morgan fingerprint density at radius 1 is 1.39 bits per heavy atom. The third-order valence-corrected chi connectivity index (χ3v) is 3.33. The molecule has 1 amide bonds. The van der Waals surface area contributed by atoms with Gasteiger partial charge in [-0.2, -0.15) is 0 Å². The molecule has 0 bridgehead atoms. The largest absolute Gasteiger partial charge is 0.378 e. The smallest absolute Gasteiger partial charge is 0.239 e. The number of morpholine rings is 1. The molecular formula is C13H27N3O2. The van der Waals surface area contributed by atoms with E-state index in [4.69, 9.17) is 4.74 Å². The Hall–Kier alpha value is -0.650. The summed E-state index contributed by atoms with van der Waals surface area (Å²) in [7, 11) is 0. The number of amides is 1. The van der Waals surface area contributed by atoms with Gasteiger partial charge in [0.2, 0.25) is 5.91 Å². The molecule has 2 N–H and O–H groups in total. The Bertz CT molecular complexity index is 226. The second-order valence-corrected chi connectivity index (χ2v) is 4.61. The zero-order valence-corrected chi connectivity index (χ0v) is 11.7. The summed E-state index contributed by atoms with van der Waals surface area (Å²) in [5.74, 6) is 0.0672. The van der Waals surface area contributed by atoms with Crippen LogP contribution in [0.15, 0.2) is 0 Å². The van der Waals surface area contributed by atoms with Gasteiger partial charge in [0.05, 0.1) is 13.2 Å². The van der Waals surface area contributed by atoms with Crippen LogP contribution in [0.4, 0.5) is 0 Å². The van der Waals surface area contributed by atoms with E-state index in [1.807, 2.05) is 0 Å². The van der Waals surface area contributed by atoms with Crippen LogP contribution in [0.3, 0.4) is 0 Å². The van der Waals surface area contributed by atoms with Gasteiger partial charge in [0.25, 0.3) is 0 Å². The Morgan fingerprint density at radius 2 is 2.17 bits per heavy atom. The summed E-state index contributed by atoms with van der Waals surface area (Å²) in [6.45, 7) is 10.4. The summed E-state index contributed by atoms with van der Waals surface area (Å²) in [5, 5.41) is 6.11.